The van der Waals surface area contributed by atoms with E-state index in [0.717, 1.165) is 11.1 Å². The molecule has 0 aliphatic heterocycles. The summed E-state index contributed by atoms with van der Waals surface area (Å²) in [6.07, 6.45) is 5.89. The van der Waals surface area contributed by atoms with E-state index in [9.17, 15) is 4.79 Å². The Morgan fingerprint density at radius 3 is 2.40 bits per heavy atom. The molecule has 1 aromatic carbocycles. The number of hydrogen-bond acceptors (Lipinski definition) is 1. The number of rotatable bonds is 5. The van der Waals surface area contributed by atoms with Gasteiger partial charge in [-0.3, -0.25) is 4.79 Å². The standard InChI is InChI=1S/C18H23NO/c1-13(2)7-6-8-15(4)16(5)19-18(20)17-11-9-14(3)10-12-17/h6-12,16H,4H2,1-3,5H3,(H,19,20)/b8-6-. The van der Waals surface area contributed by atoms with Gasteiger partial charge in [-0.05, 0) is 45.4 Å². The molecule has 0 fully saturated rings. The summed E-state index contributed by atoms with van der Waals surface area (Å²) in [6, 6.07) is 7.44. The summed E-state index contributed by atoms with van der Waals surface area (Å²) in [5.74, 6) is -0.0748. The summed E-state index contributed by atoms with van der Waals surface area (Å²) in [5.41, 5.74) is 3.92. The van der Waals surface area contributed by atoms with Gasteiger partial charge in [-0.25, -0.2) is 0 Å². The summed E-state index contributed by atoms with van der Waals surface area (Å²) in [7, 11) is 0. The van der Waals surface area contributed by atoms with Gasteiger partial charge in [0.2, 0.25) is 0 Å². The number of amides is 1. The van der Waals surface area contributed by atoms with E-state index >= 15 is 0 Å². The fourth-order valence-corrected chi connectivity index (χ4v) is 1.59. The van der Waals surface area contributed by atoms with Crippen LogP contribution in [0.4, 0.5) is 0 Å². The first-order chi connectivity index (χ1) is 9.40. The van der Waals surface area contributed by atoms with Crippen molar-refractivity contribution < 1.29 is 4.79 Å². The zero-order valence-corrected chi connectivity index (χ0v) is 12.7. The number of hydrogen-bond donors (Lipinski definition) is 1. The Balaban J connectivity index is 2.61. The smallest absolute Gasteiger partial charge is 0.251 e. The van der Waals surface area contributed by atoms with E-state index in [1.54, 1.807) is 0 Å². The van der Waals surface area contributed by atoms with Gasteiger partial charge in [0.1, 0.15) is 0 Å². The summed E-state index contributed by atoms with van der Waals surface area (Å²) in [6.45, 7) is 12.0. The molecule has 0 saturated carbocycles. The maximum atomic E-state index is 12.1. The van der Waals surface area contributed by atoms with E-state index in [2.05, 4.69) is 11.9 Å². The predicted octanol–water partition coefficient (Wildman–Crippen LogP) is 4.19. The molecule has 0 heterocycles. The molecule has 0 aliphatic carbocycles. The minimum Gasteiger partial charge on any atom is -0.346 e. The summed E-state index contributed by atoms with van der Waals surface area (Å²) < 4.78 is 0. The van der Waals surface area contributed by atoms with Gasteiger partial charge >= 0.3 is 0 Å². The van der Waals surface area contributed by atoms with Crippen LogP contribution >= 0.6 is 0 Å². The monoisotopic (exact) mass is 269 g/mol. The number of carbonyl (C=O) groups is 1. The molecule has 0 spiro atoms. The van der Waals surface area contributed by atoms with Crippen LogP contribution in [0.15, 0.2) is 60.2 Å². The molecule has 0 radical (unpaired) electrons. The average Bonchev–Trinajstić information content (AvgIpc) is 2.38. The van der Waals surface area contributed by atoms with E-state index in [-0.39, 0.29) is 11.9 Å². The molecule has 0 aromatic heterocycles. The van der Waals surface area contributed by atoms with Crippen LogP contribution in [0.1, 0.15) is 36.7 Å². The highest BCUT2D eigenvalue weighted by Crippen LogP contribution is 2.06. The molecule has 1 amide bonds. The molecule has 20 heavy (non-hydrogen) atoms. The molecule has 1 N–H and O–H groups in total. The molecular formula is C18H23NO. The number of aryl methyl sites for hydroxylation is 1. The third-order valence-electron chi connectivity index (χ3n) is 2.96. The van der Waals surface area contributed by atoms with E-state index in [1.165, 1.54) is 5.57 Å². The maximum Gasteiger partial charge on any atom is 0.251 e. The molecule has 2 heteroatoms. The van der Waals surface area contributed by atoms with Crippen molar-refractivity contribution in [3.63, 3.8) is 0 Å². The van der Waals surface area contributed by atoms with E-state index in [1.807, 2.05) is 70.2 Å². The second-order valence-corrected chi connectivity index (χ2v) is 5.24. The third-order valence-corrected chi connectivity index (χ3v) is 2.96. The van der Waals surface area contributed by atoms with Crippen molar-refractivity contribution in [2.75, 3.05) is 0 Å². The van der Waals surface area contributed by atoms with Crippen LogP contribution in [0.3, 0.4) is 0 Å². The normalized spacial score (nSPS) is 12.0. The van der Waals surface area contributed by atoms with Gasteiger partial charge in [-0.15, -0.1) is 0 Å². The van der Waals surface area contributed by atoms with Gasteiger partial charge in [-0.2, -0.15) is 0 Å². The van der Waals surface area contributed by atoms with Crippen molar-refractivity contribution in [3.8, 4) is 0 Å². The van der Waals surface area contributed by atoms with Gasteiger partial charge in [-0.1, -0.05) is 48.1 Å². The van der Waals surface area contributed by atoms with Crippen LogP contribution in [-0.2, 0) is 0 Å². The Hall–Kier alpha value is -2.09. The van der Waals surface area contributed by atoms with Crippen molar-refractivity contribution in [2.24, 2.45) is 0 Å². The fraction of sp³-hybridized carbons (Fsp3) is 0.278. The number of allylic oxidation sites excluding steroid dienone is 3. The van der Waals surface area contributed by atoms with Crippen LogP contribution in [0.25, 0.3) is 0 Å². The zero-order chi connectivity index (χ0) is 15.1. The van der Waals surface area contributed by atoms with Crippen molar-refractivity contribution in [1.29, 1.82) is 0 Å². The predicted molar refractivity (Wildman–Crippen MR) is 85.8 cm³/mol. The lowest BCUT2D eigenvalue weighted by atomic mass is 10.1. The molecule has 106 valence electrons. The lowest BCUT2D eigenvalue weighted by Crippen LogP contribution is -2.33. The van der Waals surface area contributed by atoms with E-state index in [0.29, 0.717) is 5.56 Å². The molecule has 0 aliphatic rings. The topological polar surface area (TPSA) is 29.1 Å². The molecular weight excluding hydrogens is 246 g/mol. The first-order valence-corrected chi connectivity index (χ1v) is 6.78. The quantitative estimate of drug-likeness (QED) is 0.798. The lowest BCUT2D eigenvalue weighted by molar-refractivity contribution is 0.0946. The van der Waals surface area contributed by atoms with Crippen molar-refractivity contribution in [1.82, 2.24) is 5.32 Å². The summed E-state index contributed by atoms with van der Waals surface area (Å²) in [5, 5.41) is 2.94. The molecule has 1 aromatic rings. The van der Waals surface area contributed by atoms with Crippen molar-refractivity contribution in [3.05, 3.63) is 71.3 Å². The second-order valence-electron chi connectivity index (χ2n) is 5.24. The summed E-state index contributed by atoms with van der Waals surface area (Å²) >= 11 is 0. The van der Waals surface area contributed by atoms with Gasteiger partial charge in [0.25, 0.3) is 5.91 Å². The van der Waals surface area contributed by atoms with Crippen LogP contribution in [0.5, 0.6) is 0 Å². The van der Waals surface area contributed by atoms with Gasteiger partial charge in [0, 0.05) is 5.56 Å². The van der Waals surface area contributed by atoms with Crippen LogP contribution < -0.4 is 5.32 Å². The minimum atomic E-state index is -0.0920. The van der Waals surface area contributed by atoms with Gasteiger partial charge in [0.15, 0.2) is 0 Å². The van der Waals surface area contributed by atoms with Crippen LogP contribution in [0.2, 0.25) is 0 Å². The average molecular weight is 269 g/mol. The first kappa shape index (κ1) is 16.0. The summed E-state index contributed by atoms with van der Waals surface area (Å²) in [4.78, 5) is 12.1. The molecule has 2 nitrogen and oxygen atoms in total. The van der Waals surface area contributed by atoms with Crippen molar-refractivity contribution >= 4 is 5.91 Å². The Bertz CT molecular complexity index is 531. The Labute approximate surface area is 121 Å². The molecule has 1 rings (SSSR count). The zero-order valence-electron chi connectivity index (χ0n) is 12.7. The highest BCUT2D eigenvalue weighted by atomic mass is 16.1. The van der Waals surface area contributed by atoms with Gasteiger partial charge < -0.3 is 5.32 Å². The second kappa shape index (κ2) is 7.49. The molecule has 1 atom stereocenters. The Kier molecular flexibility index (Phi) is 5.98. The maximum absolute atomic E-state index is 12.1. The first-order valence-electron chi connectivity index (χ1n) is 6.78. The van der Waals surface area contributed by atoms with Crippen molar-refractivity contribution in [2.45, 2.75) is 33.7 Å². The van der Waals surface area contributed by atoms with E-state index in [4.69, 9.17) is 0 Å². The van der Waals surface area contributed by atoms with Crippen LogP contribution in [-0.4, -0.2) is 11.9 Å². The SMILES string of the molecule is C=C(/C=C\C=C(C)C)C(C)NC(=O)c1ccc(C)cc1. The fourth-order valence-electron chi connectivity index (χ4n) is 1.59. The molecule has 1 unspecified atom stereocenters. The third kappa shape index (κ3) is 5.27. The Morgan fingerprint density at radius 2 is 1.85 bits per heavy atom. The number of nitrogens with one attached hydrogen (secondary N) is 1. The number of carbonyl (C=O) groups excluding carboxylic acids is 1. The Morgan fingerprint density at radius 1 is 1.25 bits per heavy atom. The highest BCUT2D eigenvalue weighted by molar-refractivity contribution is 5.94. The van der Waals surface area contributed by atoms with E-state index < -0.39 is 0 Å². The molecule has 0 bridgehead atoms. The van der Waals surface area contributed by atoms with Gasteiger partial charge in [0.05, 0.1) is 6.04 Å². The van der Waals surface area contributed by atoms with Crippen LogP contribution in [0, 0.1) is 6.92 Å². The lowest BCUT2D eigenvalue weighted by Gasteiger charge is -2.14. The highest BCUT2D eigenvalue weighted by Gasteiger charge is 2.10. The largest absolute Gasteiger partial charge is 0.346 e. The number of benzene rings is 1. The minimum absolute atomic E-state index is 0.0748. The molecule has 0 saturated heterocycles.